The van der Waals surface area contributed by atoms with Gasteiger partial charge in [0.15, 0.2) is 0 Å². The van der Waals surface area contributed by atoms with Gasteiger partial charge < -0.3 is 56.5 Å². The van der Waals surface area contributed by atoms with Crippen molar-refractivity contribution < 1.29 is 56.5 Å². The van der Waals surface area contributed by atoms with Crippen LogP contribution in [0.2, 0.25) is 0 Å². The van der Waals surface area contributed by atoms with Crippen molar-refractivity contribution in [3.05, 3.63) is 0 Å². The lowest BCUT2D eigenvalue weighted by molar-refractivity contribution is 0.134. The third-order valence-corrected chi connectivity index (χ3v) is 0.471. The molecule has 0 aliphatic rings. The summed E-state index contributed by atoms with van der Waals surface area (Å²) in [6.07, 6.45) is 0.384. The average molecular weight is 335 g/mol. The van der Waals surface area contributed by atoms with E-state index < -0.39 is 21.8 Å². The molecule has 0 rings (SSSR count). The van der Waals surface area contributed by atoms with E-state index in [1.807, 2.05) is 13.8 Å². The van der Waals surface area contributed by atoms with Gasteiger partial charge in [0.1, 0.15) is 0 Å². The molecule has 0 aromatic heterocycles. The van der Waals surface area contributed by atoms with Crippen molar-refractivity contribution in [2.75, 3.05) is 7.11 Å². The molecule has 0 radical (unpaired) electrons. The van der Waals surface area contributed by atoms with Crippen LogP contribution < -0.4 is 0 Å². The first-order valence-corrected chi connectivity index (χ1v) is 4.42. The summed E-state index contributed by atoms with van der Waals surface area (Å²) in [4.78, 5) is 0. The van der Waals surface area contributed by atoms with Crippen molar-refractivity contribution in [1.82, 2.24) is 0 Å². The fourth-order valence-electron chi connectivity index (χ4n) is 0. The molecule has 1 nitrogen and oxygen atoms in total. The molecule has 0 N–H and O–H groups in total. The molecule has 0 saturated carbocycles. The maximum atomic E-state index is 9.75. The predicted molar refractivity (Wildman–Crippen MR) is 52.7 cm³/mol. The summed E-state index contributed by atoms with van der Waals surface area (Å²) in [5, 5.41) is 0. The largest absolute Gasteiger partial charge is 0.673 e. The van der Waals surface area contributed by atoms with Gasteiger partial charge >= 0.3 is 21.8 Å². The van der Waals surface area contributed by atoms with Crippen molar-refractivity contribution in [1.29, 1.82) is 0 Å². The zero-order chi connectivity index (χ0) is 17.8. The molecule has 0 spiro atoms. The molecule has 0 heterocycles. The van der Waals surface area contributed by atoms with E-state index in [1.165, 1.54) is 0 Å². The van der Waals surface area contributed by atoms with Gasteiger partial charge in [0.2, 0.25) is 0 Å². The third kappa shape index (κ3) is 2670. The molecule has 20 heavy (non-hydrogen) atoms. The van der Waals surface area contributed by atoms with Crippen LogP contribution in [0.5, 0.6) is 0 Å². The fraction of sp³-hybridized carbons (Fsp3) is 1.00. The monoisotopic (exact) mass is 335 g/mol. The number of rotatable bonds is 1. The zero-order valence-electron chi connectivity index (χ0n) is 10.3. The lowest BCUT2D eigenvalue weighted by atomic mass is 10.3. The summed E-state index contributed by atoms with van der Waals surface area (Å²) in [5.74, 6) is 0. The minimum atomic E-state index is -6.00. The Kier molecular flexibility index (Phi) is 16.7. The lowest BCUT2D eigenvalue weighted by Gasteiger charge is -1.94. The molecule has 0 atom stereocenters. The Morgan fingerprint density at radius 3 is 0.600 bits per heavy atom. The normalized spacial score (nSPS) is 11.4. The van der Waals surface area contributed by atoms with Crippen molar-refractivity contribution >= 4 is 21.8 Å². The van der Waals surface area contributed by atoms with Gasteiger partial charge in [0, 0.05) is 7.11 Å². The van der Waals surface area contributed by atoms with Crippen molar-refractivity contribution in [3.63, 3.8) is 0 Å². The number of hydrogen-bond donors (Lipinski definition) is 0. The van der Waals surface area contributed by atoms with Crippen molar-refractivity contribution in [2.45, 2.75) is 20.0 Å². The highest BCUT2D eigenvalue weighted by Gasteiger charge is 2.21. The number of halogens is 12. The molecule has 0 aliphatic heterocycles. The van der Waals surface area contributed by atoms with E-state index >= 15 is 0 Å². The molecule has 0 amide bonds. The molecule has 0 bridgehead atoms. The Morgan fingerprint density at radius 1 is 0.550 bits per heavy atom. The van der Waals surface area contributed by atoms with Gasteiger partial charge in [-0.1, -0.05) is 0 Å². The highest BCUT2D eigenvalue weighted by Crippen LogP contribution is 2.07. The SMILES string of the molecule is COC(C)C.F[B-](F)(F)F.F[B-](F)(F)F.F[B-](F)(F)F. The molecular weight excluding hydrogens is 324 g/mol. The van der Waals surface area contributed by atoms with Gasteiger partial charge in [-0.3, -0.25) is 0 Å². The molecule has 0 aromatic rings. The molecule has 128 valence electrons. The van der Waals surface area contributed by atoms with Crippen LogP contribution in [0.1, 0.15) is 13.8 Å². The van der Waals surface area contributed by atoms with Gasteiger partial charge in [-0.2, -0.15) is 0 Å². The Morgan fingerprint density at radius 2 is 0.600 bits per heavy atom. The van der Waals surface area contributed by atoms with Gasteiger partial charge in [0.05, 0.1) is 6.10 Å². The summed E-state index contributed by atoms with van der Waals surface area (Å²) < 4.78 is 122. The molecular formula is C4H10B3F12O-3. The van der Waals surface area contributed by atoms with Crippen LogP contribution in [-0.2, 0) is 4.74 Å². The quantitative estimate of drug-likeness (QED) is 0.487. The van der Waals surface area contributed by atoms with E-state index in [-0.39, 0.29) is 0 Å². The molecule has 0 fully saturated rings. The van der Waals surface area contributed by atoms with E-state index in [0.29, 0.717) is 6.10 Å². The summed E-state index contributed by atoms with van der Waals surface area (Å²) in [6.45, 7) is 4.00. The highest BCUT2D eigenvalue weighted by atomic mass is 19.5. The topological polar surface area (TPSA) is 9.23 Å². The molecule has 0 aliphatic carbocycles. The molecule has 0 saturated heterocycles. The molecule has 16 heteroatoms. The molecule has 0 unspecified atom stereocenters. The maximum absolute atomic E-state index is 9.75. The van der Waals surface area contributed by atoms with Crippen LogP contribution in [0.3, 0.4) is 0 Å². The first kappa shape index (κ1) is 27.6. The minimum Gasteiger partial charge on any atom is -0.418 e. The van der Waals surface area contributed by atoms with Gasteiger partial charge in [-0.25, -0.2) is 0 Å². The smallest absolute Gasteiger partial charge is 0.418 e. The lowest BCUT2D eigenvalue weighted by Crippen LogP contribution is -2.02. The highest BCUT2D eigenvalue weighted by molar-refractivity contribution is 6.50. The first-order chi connectivity index (χ1) is 8.27. The minimum absolute atomic E-state index is 0.384. The van der Waals surface area contributed by atoms with Gasteiger partial charge in [-0.15, -0.1) is 0 Å². The second kappa shape index (κ2) is 12.1. The number of hydrogen-bond acceptors (Lipinski definition) is 1. The second-order valence-electron chi connectivity index (χ2n) is 2.77. The van der Waals surface area contributed by atoms with Crippen LogP contribution in [0.4, 0.5) is 51.8 Å². The summed E-state index contributed by atoms with van der Waals surface area (Å²) >= 11 is 0. The van der Waals surface area contributed by atoms with E-state index in [2.05, 4.69) is 0 Å². The Hall–Kier alpha value is -0.685. The van der Waals surface area contributed by atoms with Crippen LogP contribution in [-0.4, -0.2) is 35.0 Å². The van der Waals surface area contributed by atoms with Gasteiger partial charge in [-0.05, 0) is 13.8 Å². The van der Waals surface area contributed by atoms with Crippen molar-refractivity contribution in [3.8, 4) is 0 Å². The van der Waals surface area contributed by atoms with E-state index in [9.17, 15) is 51.8 Å². The summed E-state index contributed by atoms with van der Waals surface area (Å²) in [7, 11) is -16.3. The average Bonchev–Trinajstić information content (AvgIpc) is 1.93. The van der Waals surface area contributed by atoms with Crippen LogP contribution in [0, 0.1) is 0 Å². The Balaban J connectivity index is -0.0000000853. The summed E-state index contributed by atoms with van der Waals surface area (Å²) in [5.41, 5.74) is 0. The second-order valence-corrected chi connectivity index (χ2v) is 2.77. The van der Waals surface area contributed by atoms with E-state index in [0.717, 1.165) is 0 Å². The summed E-state index contributed by atoms with van der Waals surface area (Å²) in [6, 6.07) is 0. The van der Waals surface area contributed by atoms with E-state index in [4.69, 9.17) is 4.74 Å². The van der Waals surface area contributed by atoms with Crippen LogP contribution >= 0.6 is 0 Å². The van der Waals surface area contributed by atoms with Gasteiger partial charge in [0.25, 0.3) is 0 Å². The predicted octanol–water partition coefficient (Wildman–Crippen LogP) is 4.94. The Bertz CT molecular complexity index is 150. The maximum Gasteiger partial charge on any atom is 0.673 e. The number of methoxy groups -OCH3 is 1. The van der Waals surface area contributed by atoms with Crippen molar-refractivity contribution in [2.24, 2.45) is 0 Å². The van der Waals surface area contributed by atoms with E-state index in [1.54, 1.807) is 7.11 Å². The third-order valence-electron chi connectivity index (χ3n) is 0.471. The van der Waals surface area contributed by atoms with Crippen LogP contribution in [0.15, 0.2) is 0 Å². The fourth-order valence-corrected chi connectivity index (χ4v) is 0. The van der Waals surface area contributed by atoms with Crippen LogP contribution in [0.25, 0.3) is 0 Å². The zero-order valence-corrected chi connectivity index (χ0v) is 10.3. The first-order valence-electron chi connectivity index (χ1n) is 4.42. The Labute approximate surface area is 107 Å². The number of ether oxygens (including phenoxy) is 1. The molecule has 0 aromatic carbocycles. The standard InChI is InChI=1S/C4H10O.3BF4/c1-4(2)5-3;3*2-1(3,4)5/h4H,1-3H3;;;/q;3*-1.